The topological polar surface area (TPSA) is 38.0 Å². The highest BCUT2D eigenvalue weighted by Crippen LogP contribution is 2.25. The van der Waals surface area contributed by atoms with E-state index >= 15 is 0 Å². The predicted molar refractivity (Wildman–Crippen MR) is 62.4 cm³/mol. The van der Waals surface area contributed by atoms with Crippen molar-refractivity contribution in [3.05, 3.63) is 46.2 Å². The van der Waals surface area contributed by atoms with Gasteiger partial charge in [0.25, 0.3) is 0 Å². The lowest BCUT2D eigenvalue weighted by atomic mass is 10.2. The summed E-state index contributed by atoms with van der Waals surface area (Å²) < 4.78 is 26.3. The van der Waals surface area contributed by atoms with Crippen LogP contribution in [-0.2, 0) is 6.54 Å². The van der Waals surface area contributed by atoms with Crippen molar-refractivity contribution in [3.8, 4) is 0 Å². The number of nitrogens with two attached hydrogens (primary N) is 1. The second-order valence-electron chi connectivity index (χ2n) is 3.26. The maximum Gasteiger partial charge on any atom is 0.183 e. The standard InChI is InChI=1S/C11H10F2N2S/c12-8-3-4-9(14)11(10(8)13)15-6-7-2-1-5-16-7/h1-5,15H,6,14H2. The minimum Gasteiger partial charge on any atom is -0.397 e. The molecule has 0 aliphatic rings. The van der Waals surface area contributed by atoms with Gasteiger partial charge >= 0.3 is 0 Å². The molecule has 0 bridgehead atoms. The van der Waals surface area contributed by atoms with Crippen molar-refractivity contribution >= 4 is 22.7 Å². The number of benzene rings is 1. The lowest BCUT2D eigenvalue weighted by Crippen LogP contribution is -2.05. The smallest absolute Gasteiger partial charge is 0.183 e. The Balaban J connectivity index is 2.18. The molecule has 0 saturated heterocycles. The van der Waals surface area contributed by atoms with E-state index in [9.17, 15) is 8.78 Å². The first kappa shape index (κ1) is 10.9. The average molecular weight is 240 g/mol. The Hall–Kier alpha value is -1.62. The van der Waals surface area contributed by atoms with Crippen molar-refractivity contribution in [1.29, 1.82) is 0 Å². The quantitative estimate of drug-likeness (QED) is 0.808. The van der Waals surface area contributed by atoms with Gasteiger partial charge in [-0.3, -0.25) is 0 Å². The fourth-order valence-electron chi connectivity index (χ4n) is 1.33. The Morgan fingerprint density at radius 2 is 2.06 bits per heavy atom. The Morgan fingerprint density at radius 1 is 1.25 bits per heavy atom. The molecule has 0 atom stereocenters. The normalized spacial score (nSPS) is 10.4. The van der Waals surface area contributed by atoms with E-state index in [0.29, 0.717) is 6.54 Å². The monoisotopic (exact) mass is 240 g/mol. The number of anilines is 2. The molecule has 0 saturated carbocycles. The first-order valence-corrected chi connectivity index (χ1v) is 5.56. The van der Waals surface area contributed by atoms with Crippen molar-refractivity contribution in [2.24, 2.45) is 0 Å². The number of halogens is 2. The number of hydrogen-bond acceptors (Lipinski definition) is 3. The highest BCUT2D eigenvalue weighted by atomic mass is 32.1. The molecule has 84 valence electrons. The first-order valence-electron chi connectivity index (χ1n) is 4.68. The van der Waals surface area contributed by atoms with Crippen LogP contribution in [-0.4, -0.2) is 0 Å². The van der Waals surface area contributed by atoms with Crippen LogP contribution in [0.2, 0.25) is 0 Å². The van der Waals surface area contributed by atoms with Crippen LogP contribution >= 0.6 is 11.3 Å². The van der Waals surface area contributed by atoms with E-state index in [1.807, 2.05) is 17.5 Å². The number of rotatable bonds is 3. The molecule has 1 heterocycles. The molecule has 1 aromatic heterocycles. The summed E-state index contributed by atoms with van der Waals surface area (Å²) in [6.45, 7) is 0.433. The van der Waals surface area contributed by atoms with E-state index in [-0.39, 0.29) is 11.4 Å². The second kappa shape index (κ2) is 4.49. The van der Waals surface area contributed by atoms with E-state index in [1.165, 1.54) is 17.4 Å². The molecule has 0 fully saturated rings. The van der Waals surface area contributed by atoms with Gasteiger partial charge in [-0.1, -0.05) is 6.07 Å². The van der Waals surface area contributed by atoms with Crippen LogP contribution in [0.15, 0.2) is 29.6 Å². The summed E-state index contributed by atoms with van der Waals surface area (Å²) in [7, 11) is 0. The SMILES string of the molecule is Nc1ccc(F)c(F)c1NCc1cccs1. The minimum atomic E-state index is -0.934. The van der Waals surface area contributed by atoms with Crippen molar-refractivity contribution in [1.82, 2.24) is 0 Å². The van der Waals surface area contributed by atoms with E-state index in [4.69, 9.17) is 5.73 Å². The van der Waals surface area contributed by atoms with Crippen LogP contribution in [0.3, 0.4) is 0 Å². The maximum atomic E-state index is 13.4. The third-order valence-electron chi connectivity index (χ3n) is 2.15. The largest absolute Gasteiger partial charge is 0.397 e. The van der Waals surface area contributed by atoms with E-state index in [1.54, 1.807) is 0 Å². The van der Waals surface area contributed by atoms with Gasteiger partial charge in [0.2, 0.25) is 0 Å². The third kappa shape index (κ3) is 2.14. The van der Waals surface area contributed by atoms with Gasteiger partial charge in [-0.2, -0.15) is 0 Å². The molecule has 1 aromatic carbocycles. The molecular formula is C11H10F2N2S. The zero-order chi connectivity index (χ0) is 11.5. The van der Waals surface area contributed by atoms with Crippen LogP contribution in [0.1, 0.15) is 4.88 Å². The summed E-state index contributed by atoms with van der Waals surface area (Å²) in [5.74, 6) is -1.83. The van der Waals surface area contributed by atoms with Crippen molar-refractivity contribution in [2.45, 2.75) is 6.54 Å². The summed E-state index contributed by atoms with van der Waals surface area (Å²) >= 11 is 1.54. The van der Waals surface area contributed by atoms with Gasteiger partial charge in [0, 0.05) is 11.4 Å². The Kier molecular flexibility index (Phi) is 3.05. The van der Waals surface area contributed by atoms with Crippen molar-refractivity contribution in [3.63, 3.8) is 0 Å². The van der Waals surface area contributed by atoms with Gasteiger partial charge in [0.15, 0.2) is 11.6 Å². The highest BCUT2D eigenvalue weighted by Gasteiger charge is 2.11. The van der Waals surface area contributed by atoms with Gasteiger partial charge in [-0.05, 0) is 23.6 Å². The molecular weight excluding hydrogens is 230 g/mol. The van der Waals surface area contributed by atoms with Gasteiger partial charge in [0.05, 0.1) is 11.4 Å². The number of nitrogen functional groups attached to an aromatic ring is 1. The molecule has 0 aliphatic heterocycles. The van der Waals surface area contributed by atoms with Crippen LogP contribution in [0, 0.1) is 11.6 Å². The van der Waals surface area contributed by atoms with E-state index in [0.717, 1.165) is 10.9 Å². The van der Waals surface area contributed by atoms with Gasteiger partial charge in [-0.25, -0.2) is 8.78 Å². The summed E-state index contributed by atoms with van der Waals surface area (Å²) in [6.07, 6.45) is 0. The molecule has 2 nitrogen and oxygen atoms in total. The fraction of sp³-hybridized carbons (Fsp3) is 0.0909. The molecule has 2 rings (SSSR count). The van der Waals surface area contributed by atoms with Crippen LogP contribution in [0.4, 0.5) is 20.2 Å². The van der Waals surface area contributed by atoms with Gasteiger partial charge in [-0.15, -0.1) is 11.3 Å². The zero-order valence-corrected chi connectivity index (χ0v) is 9.15. The molecule has 16 heavy (non-hydrogen) atoms. The lowest BCUT2D eigenvalue weighted by Gasteiger charge is -2.09. The number of nitrogens with one attached hydrogen (secondary N) is 1. The molecule has 0 amide bonds. The zero-order valence-electron chi connectivity index (χ0n) is 8.34. The summed E-state index contributed by atoms with van der Waals surface area (Å²) in [5, 5.41) is 4.71. The van der Waals surface area contributed by atoms with Crippen molar-refractivity contribution < 1.29 is 8.78 Å². The molecule has 0 aliphatic carbocycles. The molecule has 0 spiro atoms. The van der Waals surface area contributed by atoms with Gasteiger partial charge < -0.3 is 11.1 Å². The molecule has 5 heteroatoms. The molecule has 2 aromatic rings. The van der Waals surface area contributed by atoms with Crippen LogP contribution in [0.5, 0.6) is 0 Å². The Morgan fingerprint density at radius 3 is 2.75 bits per heavy atom. The Bertz CT molecular complexity index is 483. The Labute approximate surface area is 95.7 Å². The average Bonchev–Trinajstić information content (AvgIpc) is 2.77. The number of thiophene rings is 1. The molecule has 0 unspecified atom stereocenters. The van der Waals surface area contributed by atoms with Crippen LogP contribution < -0.4 is 11.1 Å². The summed E-state index contributed by atoms with van der Waals surface area (Å²) in [6, 6.07) is 6.16. The second-order valence-corrected chi connectivity index (χ2v) is 4.29. The summed E-state index contributed by atoms with van der Waals surface area (Å²) in [5.41, 5.74) is 5.79. The maximum absolute atomic E-state index is 13.4. The molecule has 0 radical (unpaired) electrons. The van der Waals surface area contributed by atoms with Crippen LogP contribution in [0.25, 0.3) is 0 Å². The lowest BCUT2D eigenvalue weighted by molar-refractivity contribution is 0.511. The fourth-order valence-corrected chi connectivity index (χ4v) is 1.98. The molecule has 3 N–H and O–H groups in total. The van der Waals surface area contributed by atoms with Gasteiger partial charge in [0.1, 0.15) is 0 Å². The minimum absolute atomic E-state index is 0.0217. The first-order chi connectivity index (χ1) is 7.68. The van der Waals surface area contributed by atoms with E-state index < -0.39 is 11.6 Å². The summed E-state index contributed by atoms with van der Waals surface area (Å²) in [4.78, 5) is 1.03. The van der Waals surface area contributed by atoms with E-state index in [2.05, 4.69) is 5.32 Å². The predicted octanol–water partition coefficient (Wildman–Crippen LogP) is 3.22. The van der Waals surface area contributed by atoms with Crippen molar-refractivity contribution in [2.75, 3.05) is 11.1 Å². The third-order valence-corrected chi connectivity index (χ3v) is 3.02. The number of hydrogen-bond donors (Lipinski definition) is 2. The highest BCUT2D eigenvalue weighted by molar-refractivity contribution is 7.09.